The van der Waals surface area contributed by atoms with Crippen molar-refractivity contribution < 1.29 is 18.0 Å². The molecule has 0 unspecified atom stereocenters. The van der Waals surface area contributed by atoms with E-state index in [1.54, 1.807) is 11.1 Å². The number of hydrogen-bond donors (Lipinski definition) is 2. The first-order valence-electron chi connectivity index (χ1n) is 11.7. The molecule has 0 radical (unpaired) electrons. The molecule has 3 fully saturated rings. The van der Waals surface area contributed by atoms with Crippen LogP contribution < -0.4 is 15.5 Å². The monoisotopic (exact) mass is 461 g/mol. The number of rotatable bonds is 4. The number of nitrogens with zero attached hydrogens (tertiary/aromatic N) is 3. The Balaban J connectivity index is 1.40. The summed E-state index contributed by atoms with van der Waals surface area (Å²) in [6.07, 6.45) is 10.7. The molecule has 9 nitrogen and oxygen atoms in total. The summed E-state index contributed by atoms with van der Waals surface area (Å²) in [5, 5.41) is 5.94. The lowest BCUT2D eigenvalue weighted by Crippen LogP contribution is -2.56. The number of sulfone groups is 1. The van der Waals surface area contributed by atoms with Crippen LogP contribution in [0.15, 0.2) is 6.20 Å². The van der Waals surface area contributed by atoms with Crippen LogP contribution in [0.5, 0.6) is 0 Å². The minimum Gasteiger partial charge on any atom is -0.355 e. The molecule has 4 aliphatic rings. The summed E-state index contributed by atoms with van der Waals surface area (Å²) in [7, 11) is -3.01. The van der Waals surface area contributed by atoms with E-state index >= 15 is 0 Å². The molecule has 2 aliphatic heterocycles. The van der Waals surface area contributed by atoms with Crippen LogP contribution in [0, 0.1) is 5.41 Å². The molecule has 0 bridgehead atoms. The molecule has 32 heavy (non-hydrogen) atoms. The van der Waals surface area contributed by atoms with Gasteiger partial charge in [-0.2, -0.15) is 4.98 Å². The topological polar surface area (TPSA) is 121 Å². The molecule has 1 aromatic rings. The van der Waals surface area contributed by atoms with Crippen molar-refractivity contribution in [3.05, 3.63) is 11.8 Å². The third-order valence-corrected chi connectivity index (χ3v) is 9.45. The van der Waals surface area contributed by atoms with Gasteiger partial charge in [0.05, 0.1) is 5.25 Å². The molecule has 1 spiro atoms. The highest BCUT2D eigenvalue weighted by atomic mass is 32.2. The van der Waals surface area contributed by atoms with Crippen LogP contribution in [0.25, 0.3) is 0 Å². The Morgan fingerprint density at radius 2 is 1.84 bits per heavy atom. The summed E-state index contributed by atoms with van der Waals surface area (Å²) in [5.74, 6) is 0.801. The van der Waals surface area contributed by atoms with Crippen molar-refractivity contribution in [3.63, 3.8) is 0 Å². The van der Waals surface area contributed by atoms with Crippen LogP contribution in [0.1, 0.15) is 63.4 Å². The van der Waals surface area contributed by atoms with Crippen molar-refractivity contribution in [2.45, 2.75) is 81.5 Å². The second kappa shape index (κ2) is 7.97. The van der Waals surface area contributed by atoms with E-state index in [1.165, 1.54) is 6.26 Å². The van der Waals surface area contributed by atoms with Crippen LogP contribution >= 0.6 is 0 Å². The summed E-state index contributed by atoms with van der Waals surface area (Å²) in [6.45, 7) is 0.523. The van der Waals surface area contributed by atoms with Crippen LogP contribution in [-0.4, -0.2) is 60.3 Å². The standard InChI is InChI=1S/C22H31N5O4S/c1-32(30,31)17-8-6-15(7-9-17)25-21-24-13-14-12-22(10-11-23-19(22)28)20(29)27(18(14)26-21)16-4-2-3-5-16/h13,15-17H,2-12H2,1H3,(H,23,28)(H,24,25,26)/t15?,17?,22-/m1/s1. The molecular formula is C22H31N5O4S. The van der Waals surface area contributed by atoms with Gasteiger partial charge in [0, 0.05) is 43.1 Å². The average molecular weight is 462 g/mol. The lowest BCUT2D eigenvalue weighted by atomic mass is 9.76. The quantitative estimate of drug-likeness (QED) is 0.653. The molecule has 2 aliphatic carbocycles. The number of hydrogen-bond acceptors (Lipinski definition) is 7. The second-order valence-electron chi connectivity index (χ2n) is 9.87. The Morgan fingerprint density at radius 3 is 2.47 bits per heavy atom. The Hall–Kier alpha value is -2.23. The van der Waals surface area contributed by atoms with Gasteiger partial charge in [0.25, 0.3) is 0 Å². The first-order chi connectivity index (χ1) is 15.3. The zero-order valence-corrected chi connectivity index (χ0v) is 19.3. The third-order valence-electron chi connectivity index (χ3n) is 7.77. The number of nitrogens with one attached hydrogen (secondary N) is 2. The van der Waals surface area contributed by atoms with E-state index in [-0.39, 0.29) is 29.1 Å². The fourth-order valence-corrected chi connectivity index (χ4v) is 7.02. The zero-order chi connectivity index (χ0) is 22.5. The zero-order valence-electron chi connectivity index (χ0n) is 18.5. The van der Waals surface area contributed by atoms with Crippen molar-refractivity contribution in [3.8, 4) is 0 Å². The highest BCUT2D eigenvalue weighted by Crippen LogP contribution is 2.44. The van der Waals surface area contributed by atoms with E-state index in [2.05, 4.69) is 15.6 Å². The normalized spacial score (nSPS) is 31.1. The Bertz CT molecular complexity index is 1030. The summed E-state index contributed by atoms with van der Waals surface area (Å²) >= 11 is 0. The van der Waals surface area contributed by atoms with Crippen LogP contribution in [-0.2, 0) is 25.8 Å². The number of anilines is 2. The highest BCUT2D eigenvalue weighted by Gasteiger charge is 2.56. The molecule has 2 N–H and O–H groups in total. The Kier molecular flexibility index (Phi) is 5.38. The average Bonchev–Trinajstić information content (AvgIpc) is 3.40. The second-order valence-corrected chi connectivity index (χ2v) is 12.2. The van der Waals surface area contributed by atoms with Gasteiger partial charge in [0.15, 0.2) is 0 Å². The van der Waals surface area contributed by atoms with Gasteiger partial charge in [-0.25, -0.2) is 13.4 Å². The maximum atomic E-state index is 13.7. The summed E-state index contributed by atoms with van der Waals surface area (Å²) in [6, 6.07) is 0.178. The van der Waals surface area contributed by atoms with Crippen molar-refractivity contribution in [2.75, 3.05) is 23.0 Å². The SMILES string of the molecule is CS(=O)(=O)C1CCC(Nc2ncc3c(n2)N(C2CCCC2)C(=O)[C@]2(CCNC2=O)C3)CC1. The van der Waals surface area contributed by atoms with Gasteiger partial charge in [0.2, 0.25) is 17.8 Å². The molecule has 1 aromatic heterocycles. The smallest absolute Gasteiger partial charge is 0.244 e. The molecule has 2 amide bonds. The van der Waals surface area contributed by atoms with E-state index < -0.39 is 15.3 Å². The lowest BCUT2D eigenvalue weighted by molar-refractivity contribution is -0.140. The van der Waals surface area contributed by atoms with Crippen LogP contribution in [0.2, 0.25) is 0 Å². The van der Waals surface area contributed by atoms with Gasteiger partial charge in [0.1, 0.15) is 21.1 Å². The highest BCUT2D eigenvalue weighted by molar-refractivity contribution is 7.91. The molecule has 10 heteroatoms. The van der Waals surface area contributed by atoms with Crippen molar-refractivity contribution in [2.24, 2.45) is 5.41 Å². The molecule has 1 atom stereocenters. The van der Waals surface area contributed by atoms with E-state index in [0.29, 0.717) is 44.0 Å². The predicted octanol–water partition coefficient (Wildman–Crippen LogP) is 1.58. The lowest BCUT2D eigenvalue weighted by Gasteiger charge is -2.41. The number of amides is 2. The summed E-state index contributed by atoms with van der Waals surface area (Å²) in [4.78, 5) is 37.4. The Labute approximate surface area is 188 Å². The minimum atomic E-state index is -3.01. The number of fused-ring (bicyclic) bond motifs is 1. The summed E-state index contributed by atoms with van der Waals surface area (Å²) in [5.41, 5.74) is -0.183. The number of carbonyl (C=O) groups excluding carboxylic acids is 2. The number of carbonyl (C=O) groups is 2. The van der Waals surface area contributed by atoms with Gasteiger partial charge in [-0.15, -0.1) is 0 Å². The van der Waals surface area contributed by atoms with Crippen molar-refractivity contribution in [1.29, 1.82) is 0 Å². The van der Waals surface area contributed by atoms with E-state index in [9.17, 15) is 18.0 Å². The Morgan fingerprint density at radius 1 is 1.12 bits per heavy atom. The number of aromatic nitrogens is 2. The van der Waals surface area contributed by atoms with Crippen molar-refractivity contribution >= 4 is 33.4 Å². The fraction of sp³-hybridized carbons (Fsp3) is 0.727. The first-order valence-corrected chi connectivity index (χ1v) is 13.7. The van der Waals surface area contributed by atoms with Crippen LogP contribution in [0.3, 0.4) is 0 Å². The molecule has 2 saturated carbocycles. The van der Waals surface area contributed by atoms with Crippen LogP contribution in [0.4, 0.5) is 11.8 Å². The largest absolute Gasteiger partial charge is 0.355 e. The maximum absolute atomic E-state index is 13.7. The van der Waals surface area contributed by atoms with Gasteiger partial charge >= 0.3 is 0 Å². The van der Waals surface area contributed by atoms with Gasteiger partial charge < -0.3 is 10.6 Å². The minimum absolute atomic E-state index is 0.0692. The maximum Gasteiger partial charge on any atom is 0.244 e. The summed E-state index contributed by atoms with van der Waals surface area (Å²) < 4.78 is 23.6. The van der Waals surface area contributed by atoms with E-state index in [1.807, 2.05) is 0 Å². The fourth-order valence-electron chi connectivity index (χ4n) is 5.89. The predicted molar refractivity (Wildman–Crippen MR) is 120 cm³/mol. The van der Waals surface area contributed by atoms with Gasteiger partial charge in [-0.3, -0.25) is 14.5 Å². The van der Waals surface area contributed by atoms with Gasteiger partial charge in [-0.05, 0) is 44.9 Å². The van der Waals surface area contributed by atoms with Crippen molar-refractivity contribution in [1.82, 2.24) is 15.3 Å². The first kappa shape index (κ1) is 21.6. The molecule has 3 heterocycles. The molecule has 5 rings (SSSR count). The van der Waals surface area contributed by atoms with Gasteiger partial charge in [-0.1, -0.05) is 12.8 Å². The molecule has 0 aromatic carbocycles. The van der Waals surface area contributed by atoms with E-state index in [0.717, 1.165) is 44.1 Å². The molecular weight excluding hydrogens is 430 g/mol. The third kappa shape index (κ3) is 3.66. The molecule has 174 valence electrons. The van der Waals surface area contributed by atoms with E-state index in [4.69, 9.17) is 4.98 Å². The molecule has 1 saturated heterocycles.